The van der Waals surface area contributed by atoms with Crippen molar-refractivity contribution in [2.75, 3.05) is 0 Å². The van der Waals surface area contributed by atoms with Crippen LogP contribution < -0.4 is 5.32 Å². The molecular weight excluding hydrogens is 242 g/mol. The average molecular weight is 254 g/mol. The van der Waals surface area contributed by atoms with E-state index in [0.717, 1.165) is 5.56 Å². The average Bonchev–Trinajstić information content (AvgIpc) is 2.44. The van der Waals surface area contributed by atoms with Gasteiger partial charge < -0.3 is 4.90 Å². The number of pyridine rings is 1. The predicted molar refractivity (Wildman–Crippen MR) is 62.4 cm³/mol. The monoisotopic (exact) mass is 253 g/mol. The second-order valence-corrected chi connectivity index (χ2v) is 4.78. The van der Waals surface area contributed by atoms with Gasteiger partial charge in [0.25, 0.3) is 5.91 Å². The largest absolute Gasteiger partial charge is 0.325 e. The highest BCUT2D eigenvalue weighted by Crippen LogP contribution is 2.25. The molecule has 1 N–H and O–H groups in total. The van der Waals surface area contributed by atoms with Crippen LogP contribution >= 0.6 is 11.6 Å². The highest BCUT2D eigenvalue weighted by atomic mass is 35.5. The molecule has 1 aliphatic heterocycles. The lowest BCUT2D eigenvalue weighted by Crippen LogP contribution is -2.43. The van der Waals surface area contributed by atoms with Crippen molar-refractivity contribution in [3.63, 3.8) is 0 Å². The van der Waals surface area contributed by atoms with Gasteiger partial charge in [0.2, 0.25) is 0 Å². The summed E-state index contributed by atoms with van der Waals surface area (Å²) in [7, 11) is 0. The molecule has 0 bridgehead atoms. The van der Waals surface area contributed by atoms with Gasteiger partial charge in [-0.05, 0) is 25.5 Å². The smallest absolute Gasteiger partial charge is 0.306 e. The maximum Gasteiger partial charge on any atom is 0.325 e. The molecule has 0 unspecified atom stereocenters. The summed E-state index contributed by atoms with van der Waals surface area (Å²) in [5.41, 5.74) is -0.0939. The first-order chi connectivity index (χ1) is 7.93. The molecule has 2 heterocycles. The molecule has 90 valence electrons. The molecule has 0 aromatic carbocycles. The molecule has 5 nitrogen and oxygen atoms in total. The van der Waals surface area contributed by atoms with Crippen molar-refractivity contribution < 1.29 is 9.59 Å². The Morgan fingerprint density at radius 3 is 2.71 bits per heavy atom. The van der Waals surface area contributed by atoms with E-state index >= 15 is 0 Å². The first-order valence-electron chi connectivity index (χ1n) is 5.14. The number of nitrogens with one attached hydrogen (secondary N) is 1. The number of urea groups is 1. The molecule has 0 saturated carbocycles. The summed E-state index contributed by atoms with van der Waals surface area (Å²) in [6.45, 7) is 3.68. The lowest BCUT2D eigenvalue weighted by atomic mass is 10.0. The van der Waals surface area contributed by atoms with E-state index in [2.05, 4.69) is 10.3 Å². The van der Waals surface area contributed by atoms with Crippen LogP contribution in [-0.4, -0.2) is 27.4 Å². The first-order valence-corrected chi connectivity index (χ1v) is 5.52. The molecule has 1 aromatic heterocycles. The number of halogens is 1. The van der Waals surface area contributed by atoms with Gasteiger partial charge in [-0.1, -0.05) is 11.6 Å². The van der Waals surface area contributed by atoms with Crippen molar-refractivity contribution in [2.45, 2.75) is 25.9 Å². The molecule has 0 aliphatic carbocycles. The van der Waals surface area contributed by atoms with E-state index in [1.165, 1.54) is 11.1 Å². The minimum Gasteiger partial charge on any atom is -0.306 e. The third-order valence-corrected chi connectivity index (χ3v) is 3.22. The third kappa shape index (κ3) is 1.98. The molecule has 0 atom stereocenters. The first kappa shape index (κ1) is 11.9. The minimum absolute atomic E-state index is 0.284. The molecule has 1 saturated heterocycles. The fraction of sp³-hybridized carbons (Fsp3) is 0.364. The number of hydrogen-bond donors (Lipinski definition) is 1. The van der Waals surface area contributed by atoms with Crippen LogP contribution in [0, 0.1) is 0 Å². The van der Waals surface area contributed by atoms with Crippen LogP contribution in [0.2, 0.25) is 5.02 Å². The number of amides is 3. The molecule has 1 fully saturated rings. The normalized spacial score (nSPS) is 18.4. The lowest BCUT2D eigenvalue weighted by Gasteiger charge is -2.28. The Kier molecular flexibility index (Phi) is 2.79. The van der Waals surface area contributed by atoms with Crippen molar-refractivity contribution in [2.24, 2.45) is 0 Å². The SMILES string of the molecule is CC1(C)C(=O)NC(=O)N1Cc1ccncc1Cl. The Balaban J connectivity index is 2.28. The van der Waals surface area contributed by atoms with Crippen molar-refractivity contribution in [1.29, 1.82) is 0 Å². The maximum absolute atomic E-state index is 11.7. The predicted octanol–water partition coefficient (Wildman–Crippen LogP) is 1.57. The van der Waals surface area contributed by atoms with E-state index in [1.807, 2.05) is 0 Å². The minimum atomic E-state index is -0.857. The fourth-order valence-corrected chi connectivity index (χ4v) is 1.85. The number of nitrogens with zero attached hydrogens (tertiary/aromatic N) is 2. The Hall–Kier alpha value is -1.62. The van der Waals surface area contributed by atoms with Crippen LogP contribution in [0.15, 0.2) is 18.5 Å². The van der Waals surface area contributed by atoms with E-state index in [1.54, 1.807) is 26.1 Å². The maximum atomic E-state index is 11.7. The Morgan fingerprint density at radius 1 is 1.47 bits per heavy atom. The van der Waals surface area contributed by atoms with Gasteiger partial charge in [0.15, 0.2) is 0 Å². The molecule has 2 rings (SSSR count). The van der Waals surface area contributed by atoms with E-state index in [4.69, 9.17) is 11.6 Å². The molecule has 1 aliphatic rings. The fourth-order valence-electron chi connectivity index (χ4n) is 1.67. The molecule has 1 aromatic rings. The number of carbonyl (C=O) groups excluding carboxylic acids is 2. The Morgan fingerprint density at radius 2 is 2.18 bits per heavy atom. The van der Waals surface area contributed by atoms with Gasteiger partial charge in [-0.2, -0.15) is 0 Å². The van der Waals surface area contributed by atoms with Crippen molar-refractivity contribution in [3.8, 4) is 0 Å². The van der Waals surface area contributed by atoms with Crippen LogP contribution in [0.4, 0.5) is 4.79 Å². The standard InChI is InChI=1S/C11H12ClN3O2/c1-11(2)9(16)14-10(17)15(11)6-7-3-4-13-5-8(7)12/h3-5H,6H2,1-2H3,(H,14,16,17). The molecule has 0 radical (unpaired) electrons. The van der Waals surface area contributed by atoms with Crippen molar-refractivity contribution in [3.05, 3.63) is 29.0 Å². The van der Waals surface area contributed by atoms with Crippen molar-refractivity contribution in [1.82, 2.24) is 15.2 Å². The zero-order valence-electron chi connectivity index (χ0n) is 9.53. The molecule has 17 heavy (non-hydrogen) atoms. The summed E-state index contributed by atoms with van der Waals surface area (Å²) >= 11 is 5.97. The topological polar surface area (TPSA) is 62.3 Å². The highest BCUT2D eigenvalue weighted by molar-refractivity contribution is 6.31. The second-order valence-electron chi connectivity index (χ2n) is 4.37. The van der Waals surface area contributed by atoms with E-state index in [-0.39, 0.29) is 12.5 Å². The van der Waals surface area contributed by atoms with Crippen LogP contribution in [0.5, 0.6) is 0 Å². The summed E-state index contributed by atoms with van der Waals surface area (Å²) in [5, 5.41) is 2.77. The number of rotatable bonds is 2. The second kappa shape index (κ2) is 4.00. The van der Waals surface area contributed by atoms with E-state index in [0.29, 0.717) is 5.02 Å². The summed E-state index contributed by atoms with van der Waals surface area (Å²) in [6, 6.07) is 1.34. The van der Waals surface area contributed by atoms with E-state index in [9.17, 15) is 9.59 Å². The number of imide groups is 1. The number of aromatic nitrogens is 1. The van der Waals surface area contributed by atoms with E-state index < -0.39 is 11.6 Å². The molecule has 3 amide bonds. The number of carbonyl (C=O) groups is 2. The third-order valence-electron chi connectivity index (χ3n) is 2.88. The summed E-state index contributed by atoms with van der Waals surface area (Å²) in [4.78, 5) is 28.6. The summed E-state index contributed by atoms with van der Waals surface area (Å²) in [6.07, 6.45) is 3.11. The Bertz CT molecular complexity index is 487. The van der Waals surface area contributed by atoms with Gasteiger partial charge in [0, 0.05) is 12.4 Å². The quantitative estimate of drug-likeness (QED) is 0.814. The zero-order valence-corrected chi connectivity index (χ0v) is 10.3. The van der Waals surface area contributed by atoms with Crippen LogP contribution in [0.1, 0.15) is 19.4 Å². The van der Waals surface area contributed by atoms with Crippen LogP contribution in [0.25, 0.3) is 0 Å². The van der Waals surface area contributed by atoms with Gasteiger partial charge in [-0.25, -0.2) is 4.79 Å². The molecule has 0 spiro atoms. The van der Waals surface area contributed by atoms with Gasteiger partial charge >= 0.3 is 6.03 Å². The zero-order chi connectivity index (χ0) is 12.6. The van der Waals surface area contributed by atoms with Gasteiger partial charge in [0.1, 0.15) is 5.54 Å². The van der Waals surface area contributed by atoms with Gasteiger partial charge in [0.05, 0.1) is 11.6 Å². The Labute approximate surface area is 104 Å². The lowest BCUT2D eigenvalue weighted by molar-refractivity contribution is -0.125. The van der Waals surface area contributed by atoms with Crippen LogP contribution in [-0.2, 0) is 11.3 Å². The van der Waals surface area contributed by atoms with Crippen molar-refractivity contribution >= 4 is 23.5 Å². The summed E-state index contributed by atoms with van der Waals surface area (Å²) in [5.74, 6) is -0.298. The molecule has 6 heteroatoms. The van der Waals surface area contributed by atoms with Crippen LogP contribution in [0.3, 0.4) is 0 Å². The van der Waals surface area contributed by atoms with Gasteiger partial charge in [-0.15, -0.1) is 0 Å². The van der Waals surface area contributed by atoms with Gasteiger partial charge in [-0.3, -0.25) is 15.1 Å². The molecular formula is C11H12ClN3O2. The highest BCUT2D eigenvalue weighted by Gasteiger charge is 2.45. The number of hydrogen-bond acceptors (Lipinski definition) is 3. The summed E-state index contributed by atoms with van der Waals surface area (Å²) < 4.78 is 0.